The van der Waals surface area contributed by atoms with Gasteiger partial charge in [-0.25, -0.2) is 4.39 Å². The highest BCUT2D eigenvalue weighted by atomic mass is 32.2. The lowest BCUT2D eigenvalue weighted by Crippen LogP contribution is -2.46. The summed E-state index contributed by atoms with van der Waals surface area (Å²) >= 11 is 1.58. The van der Waals surface area contributed by atoms with Crippen molar-refractivity contribution >= 4 is 11.8 Å². The van der Waals surface area contributed by atoms with Crippen molar-refractivity contribution in [3.8, 4) is 0 Å². The van der Waals surface area contributed by atoms with Gasteiger partial charge in [-0.2, -0.15) is 0 Å². The molecule has 1 saturated heterocycles. The fourth-order valence-electron chi connectivity index (χ4n) is 2.18. The molecule has 5 heteroatoms. The van der Waals surface area contributed by atoms with Crippen LogP contribution in [0.2, 0.25) is 0 Å². The van der Waals surface area contributed by atoms with Crippen LogP contribution in [0.15, 0.2) is 29.2 Å². The van der Waals surface area contributed by atoms with Crippen molar-refractivity contribution in [3.63, 3.8) is 0 Å². The molecule has 0 saturated carbocycles. The van der Waals surface area contributed by atoms with Gasteiger partial charge in [0.05, 0.1) is 12.7 Å². The molecule has 0 radical (unpaired) electrons. The summed E-state index contributed by atoms with van der Waals surface area (Å²) in [7, 11) is 1.94. The van der Waals surface area contributed by atoms with Crippen LogP contribution in [-0.2, 0) is 4.74 Å². The minimum atomic E-state index is -0.123. The summed E-state index contributed by atoms with van der Waals surface area (Å²) in [5.74, 6) is 0.787. The lowest BCUT2D eigenvalue weighted by atomic mass is 10.2. The summed E-state index contributed by atoms with van der Waals surface area (Å²) in [5.41, 5.74) is 0. The predicted octanol–water partition coefficient (Wildman–Crippen LogP) is 1.84. The molecule has 1 N–H and O–H groups in total. The van der Waals surface area contributed by atoms with Crippen LogP contribution >= 0.6 is 11.8 Å². The molecule has 1 aromatic rings. The molecule has 1 aliphatic heterocycles. The first-order valence-electron chi connectivity index (χ1n) is 6.65. The number of nitrogens with one attached hydrogen (secondary N) is 1. The van der Waals surface area contributed by atoms with Gasteiger partial charge in [0, 0.05) is 36.8 Å². The van der Waals surface area contributed by atoms with Crippen molar-refractivity contribution in [1.29, 1.82) is 0 Å². The van der Waals surface area contributed by atoms with E-state index < -0.39 is 0 Å². The average molecular weight is 284 g/mol. The first-order chi connectivity index (χ1) is 9.29. The van der Waals surface area contributed by atoms with Gasteiger partial charge in [0.2, 0.25) is 0 Å². The van der Waals surface area contributed by atoms with Crippen molar-refractivity contribution in [2.75, 3.05) is 45.6 Å². The third-order valence-electron chi connectivity index (χ3n) is 3.16. The van der Waals surface area contributed by atoms with Crippen molar-refractivity contribution < 1.29 is 9.13 Å². The molecule has 0 aromatic heterocycles. The Hall–Kier alpha value is -0.620. The minimum absolute atomic E-state index is 0.123. The number of nitrogens with zero attached hydrogens (tertiary/aromatic N) is 1. The Balaban J connectivity index is 1.72. The molecule has 1 aromatic carbocycles. The van der Waals surface area contributed by atoms with Crippen LogP contribution in [0.5, 0.6) is 0 Å². The van der Waals surface area contributed by atoms with Crippen LogP contribution in [0.1, 0.15) is 0 Å². The van der Waals surface area contributed by atoms with Crippen LogP contribution in [-0.4, -0.2) is 56.6 Å². The summed E-state index contributed by atoms with van der Waals surface area (Å²) in [5, 5.41) is 3.14. The van der Waals surface area contributed by atoms with Gasteiger partial charge >= 0.3 is 0 Å². The molecule has 0 aliphatic carbocycles. The molecular weight excluding hydrogens is 263 g/mol. The Morgan fingerprint density at radius 1 is 1.47 bits per heavy atom. The maximum Gasteiger partial charge on any atom is 0.136 e. The van der Waals surface area contributed by atoms with Crippen molar-refractivity contribution in [3.05, 3.63) is 30.1 Å². The van der Waals surface area contributed by atoms with E-state index in [1.807, 2.05) is 19.2 Å². The van der Waals surface area contributed by atoms with Gasteiger partial charge in [0.25, 0.3) is 0 Å². The number of ether oxygens (including phenoxy) is 1. The van der Waals surface area contributed by atoms with E-state index in [1.165, 1.54) is 6.07 Å². The number of hydrogen-bond acceptors (Lipinski definition) is 4. The quantitative estimate of drug-likeness (QED) is 0.806. The number of hydrogen-bond donors (Lipinski definition) is 1. The Bertz CT molecular complexity index is 389. The van der Waals surface area contributed by atoms with Crippen LogP contribution < -0.4 is 5.32 Å². The molecule has 1 unspecified atom stereocenters. The molecule has 1 fully saturated rings. The number of morpholine rings is 1. The van der Waals surface area contributed by atoms with E-state index in [9.17, 15) is 4.39 Å². The maximum atomic E-state index is 13.5. The third kappa shape index (κ3) is 4.76. The van der Waals surface area contributed by atoms with E-state index >= 15 is 0 Å². The summed E-state index contributed by atoms with van der Waals surface area (Å²) in [6.07, 6.45) is 0.275. The molecule has 2 rings (SSSR count). The largest absolute Gasteiger partial charge is 0.374 e. The van der Waals surface area contributed by atoms with Crippen molar-refractivity contribution in [2.24, 2.45) is 0 Å². The molecule has 0 spiro atoms. The topological polar surface area (TPSA) is 24.5 Å². The average Bonchev–Trinajstić information content (AvgIpc) is 2.42. The van der Waals surface area contributed by atoms with Gasteiger partial charge in [0.1, 0.15) is 5.82 Å². The van der Waals surface area contributed by atoms with Gasteiger partial charge < -0.3 is 10.1 Å². The molecule has 0 bridgehead atoms. The van der Waals surface area contributed by atoms with Gasteiger partial charge in [-0.15, -0.1) is 11.8 Å². The van der Waals surface area contributed by atoms with Crippen molar-refractivity contribution in [2.45, 2.75) is 11.0 Å². The Morgan fingerprint density at radius 3 is 3.11 bits per heavy atom. The molecule has 1 heterocycles. The highest BCUT2D eigenvalue weighted by molar-refractivity contribution is 7.99. The van der Waals surface area contributed by atoms with E-state index in [4.69, 9.17) is 4.74 Å². The second kappa shape index (κ2) is 7.85. The van der Waals surface area contributed by atoms with Crippen LogP contribution in [0.3, 0.4) is 0 Å². The fourth-order valence-corrected chi connectivity index (χ4v) is 3.13. The standard InChI is InChI=1S/C14H21FN2OS/c1-16-10-12-11-17(6-8-18-12)7-9-19-14-5-3-2-4-13(14)15/h2-5,12,16H,6-11H2,1H3. The van der Waals surface area contributed by atoms with Crippen LogP contribution in [0, 0.1) is 5.82 Å². The summed E-state index contributed by atoms with van der Waals surface area (Å²) in [6.45, 7) is 4.58. The Labute approximate surface area is 118 Å². The monoisotopic (exact) mass is 284 g/mol. The molecule has 1 aliphatic rings. The highest BCUT2D eigenvalue weighted by Crippen LogP contribution is 2.21. The predicted molar refractivity (Wildman–Crippen MR) is 77.2 cm³/mol. The molecule has 3 nitrogen and oxygen atoms in total. The first kappa shape index (κ1) is 14.8. The molecule has 106 valence electrons. The second-order valence-corrected chi connectivity index (χ2v) is 5.77. The molecule has 1 atom stereocenters. The maximum absolute atomic E-state index is 13.5. The molecule has 19 heavy (non-hydrogen) atoms. The van der Waals surface area contributed by atoms with Crippen LogP contribution in [0.25, 0.3) is 0 Å². The van der Waals surface area contributed by atoms with E-state index in [0.717, 1.165) is 43.4 Å². The molecule has 0 amide bonds. The fraction of sp³-hybridized carbons (Fsp3) is 0.571. The Kier molecular flexibility index (Phi) is 6.10. The van der Waals surface area contributed by atoms with Gasteiger partial charge in [0.15, 0.2) is 0 Å². The van der Waals surface area contributed by atoms with Crippen LogP contribution in [0.4, 0.5) is 4.39 Å². The lowest BCUT2D eigenvalue weighted by molar-refractivity contribution is -0.0240. The number of thioether (sulfide) groups is 1. The van der Waals surface area contributed by atoms with Gasteiger partial charge in [-0.05, 0) is 19.2 Å². The van der Waals surface area contributed by atoms with Crippen molar-refractivity contribution in [1.82, 2.24) is 10.2 Å². The number of likely N-dealkylation sites (N-methyl/N-ethyl adjacent to an activating group) is 1. The lowest BCUT2D eigenvalue weighted by Gasteiger charge is -2.32. The molecular formula is C14H21FN2OS. The zero-order valence-electron chi connectivity index (χ0n) is 11.3. The zero-order valence-corrected chi connectivity index (χ0v) is 12.1. The highest BCUT2D eigenvalue weighted by Gasteiger charge is 2.19. The van der Waals surface area contributed by atoms with Gasteiger partial charge in [-0.3, -0.25) is 4.90 Å². The normalized spacial score (nSPS) is 20.6. The summed E-state index contributed by atoms with van der Waals surface area (Å²) in [4.78, 5) is 3.13. The summed E-state index contributed by atoms with van der Waals surface area (Å²) in [6, 6.07) is 6.95. The zero-order chi connectivity index (χ0) is 13.5. The van der Waals surface area contributed by atoms with E-state index in [1.54, 1.807) is 17.8 Å². The second-order valence-electron chi connectivity index (χ2n) is 4.63. The SMILES string of the molecule is CNCC1CN(CCSc2ccccc2F)CCO1. The minimum Gasteiger partial charge on any atom is -0.374 e. The van der Waals surface area contributed by atoms with E-state index in [2.05, 4.69) is 10.2 Å². The number of halogens is 1. The van der Waals surface area contributed by atoms with Gasteiger partial charge in [-0.1, -0.05) is 12.1 Å². The van der Waals surface area contributed by atoms with E-state index in [0.29, 0.717) is 0 Å². The third-order valence-corrected chi connectivity index (χ3v) is 4.19. The van der Waals surface area contributed by atoms with E-state index in [-0.39, 0.29) is 11.9 Å². The Morgan fingerprint density at radius 2 is 2.32 bits per heavy atom. The number of benzene rings is 1. The smallest absolute Gasteiger partial charge is 0.136 e. The number of rotatable bonds is 6. The summed E-state index contributed by atoms with van der Waals surface area (Å²) < 4.78 is 19.1. The first-order valence-corrected chi connectivity index (χ1v) is 7.64.